The maximum atomic E-state index is 13.2. The first kappa shape index (κ1) is 18.9. The standard InChI is InChI=1S/C20H20ClN3O3/c1-27-19(25)18-8-5-13-23(18)20(26)24(17-11-9-16(21)10-12-17)22-14-15-6-3-2-4-7-15/h2-4,6-7,9-12,14,18H,5,8,13H2,1H3. The molecule has 1 unspecified atom stereocenters. The van der Waals surface area contributed by atoms with Gasteiger partial charge in [-0.15, -0.1) is 0 Å². The van der Waals surface area contributed by atoms with Crippen molar-refractivity contribution in [1.29, 1.82) is 0 Å². The van der Waals surface area contributed by atoms with E-state index < -0.39 is 12.0 Å². The largest absolute Gasteiger partial charge is 0.467 e. The molecular weight excluding hydrogens is 366 g/mol. The third kappa shape index (κ3) is 4.46. The maximum Gasteiger partial charge on any atom is 0.345 e. The third-order valence-electron chi connectivity index (χ3n) is 4.35. The van der Waals surface area contributed by atoms with Crippen LogP contribution < -0.4 is 5.01 Å². The van der Waals surface area contributed by atoms with E-state index in [1.807, 2.05) is 30.3 Å². The second-order valence-corrected chi connectivity index (χ2v) is 6.54. The van der Waals surface area contributed by atoms with Crippen molar-refractivity contribution in [3.8, 4) is 0 Å². The Morgan fingerprint density at radius 1 is 1.19 bits per heavy atom. The lowest BCUT2D eigenvalue weighted by molar-refractivity contribution is -0.144. The van der Waals surface area contributed by atoms with Crippen LogP contribution >= 0.6 is 11.6 Å². The molecule has 1 atom stereocenters. The lowest BCUT2D eigenvalue weighted by atomic mass is 10.2. The minimum absolute atomic E-state index is 0.377. The van der Waals surface area contributed by atoms with E-state index in [1.165, 1.54) is 17.0 Å². The highest BCUT2D eigenvalue weighted by Crippen LogP contribution is 2.25. The first-order chi connectivity index (χ1) is 13.1. The van der Waals surface area contributed by atoms with E-state index >= 15 is 0 Å². The Balaban J connectivity index is 1.91. The van der Waals surface area contributed by atoms with E-state index in [2.05, 4.69) is 5.10 Å². The van der Waals surface area contributed by atoms with Gasteiger partial charge in [0.15, 0.2) is 0 Å². The highest BCUT2D eigenvalue weighted by atomic mass is 35.5. The SMILES string of the molecule is COC(=O)C1CCCN1C(=O)N(N=Cc1ccccc1)c1ccc(Cl)cc1. The Morgan fingerprint density at radius 2 is 1.89 bits per heavy atom. The van der Waals surface area contributed by atoms with Crippen molar-refractivity contribution in [3.63, 3.8) is 0 Å². The van der Waals surface area contributed by atoms with E-state index in [0.717, 1.165) is 12.0 Å². The van der Waals surface area contributed by atoms with Gasteiger partial charge in [0, 0.05) is 11.6 Å². The number of hydrogen-bond acceptors (Lipinski definition) is 4. The first-order valence-corrected chi connectivity index (χ1v) is 9.01. The number of rotatable bonds is 4. The van der Waals surface area contributed by atoms with Gasteiger partial charge >= 0.3 is 12.0 Å². The van der Waals surface area contributed by atoms with Gasteiger partial charge in [0.1, 0.15) is 6.04 Å². The molecule has 1 heterocycles. The number of ether oxygens (including phenoxy) is 1. The molecule has 0 radical (unpaired) electrons. The van der Waals surface area contributed by atoms with Gasteiger partial charge in [-0.1, -0.05) is 41.9 Å². The maximum absolute atomic E-state index is 13.2. The van der Waals surface area contributed by atoms with Crippen LogP contribution in [0.25, 0.3) is 0 Å². The van der Waals surface area contributed by atoms with E-state index in [1.54, 1.807) is 30.5 Å². The second-order valence-electron chi connectivity index (χ2n) is 6.10. The molecule has 2 amide bonds. The molecule has 7 heteroatoms. The minimum atomic E-state index is -0.593. The zero-order chi connectivity index (χ0) is 19.2. The lowest BCUT2D eigenvalue weighted by Gasteiger charge is -2.27. The Bertz CT molecular complexity index is 824. The minimum Gasteiger partial charge on any atom is -0.467 e. The van der Waals surface area contributed by atoms with Crippen LogP contribution in [0.4, 0.5) is 10.5 Å². The molecule has 0 bridgehead atoms. The zero-order valence-electron chi connectivity index (χ0n) is 14.9. The predicted molar refractivity (Wildman–Crippen MR) is 105 cm³/mol. The van der Waals surface area contributed by atoms with Crippen molar-refractivity contribution < 1.29 is 14.3 Å². The van der Waals surface area contributed by atoms with Gasteiger partial charge in [0.25, 0.3) is 0 Å². The Kier molecular flexibility index (Phi) is 6.08. The molecule has 1 aliphatic heterocycles. The molecule has 27 heavy (non-hydrogen) atoms. The number of hydrogen-bond donors (Lipinski definition) is 0. The summed E-state index contributed by atoms with van der Waals surface area (Å²) in [5.74, 6) is -0.413. The molecular formula is C20H20ClN3O3. The Labute approximate surface area is 163 Å². The molecule has 3 rings (SSSR count). The number of halogens is 1. The van der Waals surface area contributed by atoms with Gasteiger partial charge in [-0.05, 0) is 42.7 Å². The number of methoxy groups -OCH3 is 1. The fourth-order valence-corrected chi connectivity index (χ4v) is 3.10. The number of carbonyl (C=O) groups is 2. The van der Waals surface area contributed by atoms with E-state index in [9.17, 15) is 9.59 Å². The first-order valence-electron chi connectivity index (χ1n) is 8.63. The van der Waals surface area contributed by atoms with Crippen LogP contribution in [0.15, 0.2) is 59.7 Å². The van der Waals surface area contributed by atoms with Crippen LogP contribution in [-0.4, -0.2) is 42.8 Å². The average Bonchev–Trinajstić information content (AvgIpc) is 3.19. The summed E-state index contributed by atoms with van der Waals surface area (Å²) in [5.41, 5.74) is 1.42. The molecule has 1 saturated heterocycles. The number of carbonyl (C=O) groups excluding carboxylic acids is 2. The Hall–Kier alpha value is -2.86. The molecule has 0 saturated carbocycles. The Morgan fingerprint density at radius 3 is 2.56 bits per heavy atom. The topological polar surface area (TPSA) is 62.2 Å². The van der Waals surface area contributed by atoms with Crippen LogP contribution in [-0.2, 0) is 9.53 Å². The summed E-state index contributed by atoms with van der Waals surface area (Å²) in [6, 6.07) is 15.3. The fourth-order valence-electron chi connectivity index (χ4n) is 2.97. The van der Waals surface area contributed by atoms with E-state index in [-0.39, 0.29) is 6.03 Å². The van der Waals surface area contributed by atoms with Gasteiger partial charge in [0.05, 0.1) is 19.0 Å². The summed E-state index contributed by atoms with van der Waals surface area (Å²) in [7, 11) is 1.33. The molecule has 140 valence electrons. The van der Waals surface area contributed by atoms with Crippen molar-refractivity contribution in [3.05, 3.63) is 65.2 Å². The van der Waals surface area contributed by atoms with E-state index in [0.29, 0.717) is 23.7 Å². The van der Waals surface area contributed by atoms with Crippen molar-refractivity contribution in [1.82, 2.24) is 4.90 Å². The smallest absolute Gasteiger partial charge is 0.345 e. The van der Waals surface area contributed by atoms with Gasteiger partial charge in [-0.2, -0.15) is 10.1 Å². The summed E-state index contributed by atoms with van der Waals surface area (Å²) < 4.78 is 4.84. The second kappa shape index (κ2) is 8.68. The van der Waals surface area contributed by atoms with Gasteiger partial charge < -0.3 is 9.64 Å². The molecule has 1 aliphatic rings. The number of nitrogens with zero attached hydrogens (tertiary/aromatic N) is 3. The zero-order valence-corrected chi connectivity index (χ0v) is 15.7. The van der Waals surface area contributed by atoms with Gasteiger partial charge in [0.2, 0.25) is 0 Å². The van der Waals surface area contributed by atoms with Crippen molar-refractivity contribution in [2.75, 3.05) is 18.7 Å². The number of hydrazone groups is 1. The third-order valence-corrected chi connectivity index (χ3v) is 4.60. The van der Waals surface area contributed by atoms with Crippen molar-refractivity contribution in [2.24, 2.45) is 5.10 Å². The number of urea groups is 1. The van der Waals surface area contributed by atoms with Crippen LogP contribution in [0.2, 0.25) is 5.02 Å². The molecule has 1 fully saturated rings. The van der Waals surface area contributed by atoms with Crippen LogP contribution in [0.3, 0.4) is 0 Å². The molecule has 0 spiro atoms. The summed E-state index contributed by atoms with van der Waals surface area (Å²) in [5, 5.41) is 6.22. The van der Waals surface area contributed by atoms with Crippen LogP contribution in [0, 0.1) is 0 Å². The fraction of sp³-hybridized carbons (Fsp3) is 0.250. The van der Waals surface area contributed by atoms with Gasteiger partial charge in [-0.3, -0.25) is 0 Å². The highest BCUT2D eigenvalue weighted by molar-refractivity contribution is 6.30. The number of benzene rings is 2. The van der Waals surface area contributed by atoms with Gasteiger partial charge in [-0.25, -0.2) is 9.59 Å². The monoisotopic (exact) mass is 385 g/mol. The van der Waals surface area contributed by atoms with Crippen LogP contribution in [0.1, 0.15) is 18.4 Å². The quantitative estimate of drug-likeness (QED) is 0.455. The predicted octanol–water partition coefficient (Wildman–Crippen LogP) is 3.94. The highest BCUT2D eigenvalue weighted by Gasteiger charge is 2.37. The van der Waals surface area contributed by atoms with Crippen LogP contribution in [0.5, 0.6) is 0 Å². The number of esters is 1. The summed E-state index contributed by atoms with van der Waals surface area (Å²) >= 11 is 5.97. The average molecular weight is 386 g/mol. The van der Waals surface area contributed by atoms with E-state index in [4.69, 9.17) is 16.3 Å². The van der Waals surface area contributed by atoms with Crippen molar-refractivity contribution >= 4 is 35.5 Å². The molecule has 0 aliphatic carbocycles. The normalized spacial score (nSPS) is 16.5. The summed E-state index contributed by atoms with van der Waals surface area (Å²) in [6.07, 6.45) is 2.92. The van der Waals surface area contributed by atoms with Crippen molar-refractivity contribution in [2.45, 2.75) is 18.9 Å². The molecule has 0 N–H and O–H groups in total. The molecule has 2 aromatic carbocycles. The summed E-state index contributed by atoms with van der Waals surface area (Å²) in [4.78, 5) is 26.7. The molecule has 6 nitrogen and oxygen atoms in total. The summed E-state index contributed by atoms with van der Waals surface area (Å²) in [6.45, 7) is 0.476. The number of anilines is 1. The number of amides is 2. The molecule has 2 aromatic rings. The lowest BCUT2D eigenvalue weighted by Crippen LogP contribution is -2.47. The number of likely N-dealkylation sites (tertiary alicyclic amines) is 1. The molecule has 0 aromatic heterocycles.